The molecule has 1 unspecified atom stereocenters. The second kappa shape index (κ2) is 6.45. The van der Waals surface area contributed by atoms with Crippen LogP contribution in [0.15, 0.2) is 21.1 Å². The molecule has 0 radical (unpaired) electrons. The van der Waals surface area contributed by atoms with Gasteiger partial charge in [-0.15, -0.1) is 0 Å². The van der Waals surface area contributed by atoms with Crippen LogP contribution < -0.4 is 5.32 Å². The maximum Gasteiger partial charge on any atom is 0.229 e. The van der Waals surface area contributed by atoms with Gasteiger partial charge in [-0.05, 0) is 51.3 Å². The Hall–Kier alpha value is -1.66. The summed E-state index contributed by atoms with van der Waals surface area (Å²) in [5.41, 5.74) is 0. The summed E-state index contributed by atoms with van der Waals surface area (Å²) in [6.45, 7) is 5.68. The van der Waals surface area contributed by atoms with E-state index in [1.807, 2.05) is 19.1 Å². The minimum atomic E-state index is 0.490. The van der Waals surface area contributed by atoms with Gasteiger partial charge in [0, 0.05) is 18.5 Å². The van der Waals surface area contributed by atoms with E-state index in [2.05, 4.69) is 20.4 Å². The number of nitrogens with zero attached hydrogens (tertiary/aromatic N) is 3. The highest BCUT2D eigenvalue weighted by molar-refractivity contribution is 5.05. The first kappa shape index (κ1) is 14.9. The van der Waals surface area contributed by atoms with Crippen molar-refractivity contribution in [3.63, 3.8) is 0 Å². The number of furan rings is 1. The molecule has 0 bridgehead atoms. The molecule has 2 aliphatic rings. The first-order chi connectivity index (χ1) is 11.3. The molecule has 1 aliphatic heterocycles. The number of aryl methyl sites for hydroxylation is 1. The minimum Gasteiger partial charge on any atom is -0.465 e. The van der Waals surface area contributed by atoms with Crippen LogP contribution in [0.5, 0.6) is 0 Å². The summed E-state index contributed by atoms with van der Waals surface area (Å²) in [6.07, 6.45) is 4.80. The van der Waals surface area contributed by atoms with Crippen LogP contribution in [-0.2, 0) is 13.1 Å². The number of aromatic nitrogens is 2. The summed E-state index contributed by atoms with van der Waals surface area (Å²) < 4.78 is 11.0. The third kappa shape index (κ3) is 3.82. The Morgan fingerprint density at radius 3 is 3.00 bits per heavy atom. The van der Waals surface area contributed by atoms with Crippen LogP contribution >= 0.6 is 0 Å². The standard InChI is InChI=1S/C17H24N4O2/c1-12-4-7-15(22-12)9-18-14-3-2-8-21(10-14)11-16-19-17(23-20-16)13-5-6-13/h4,7,13-14,18H,2-3,5-6,8-11H2,1H3. The molecule has 1 saturated carbocycles. The van der Waals surface area contributed by atoms with Crippen LogP contribution in [-0.4, -0.2) is 34.2 Å². The fraction of sp³-hybridized carbons (Fsp3) is 0.647. The monoisotopic (exact) mass is 316 g/mol. The average molecular weight is 316 g/mol. The lowest BCUT2D eigenvalue weighted by Gasteiger charge is -2.32. The van der Waals surface area contributed by atoms with Crippen molar-refractivity contribution in [1.82, 2.24) is 20.4 Å². The molecule has 2 fully saturated rings. The predicted octanol–water partition coefficient (Wildman–Crippen LogP) is 2.60. The lowest BCUT2D eigenvalue weighted by molar-refractivity contribution is 0.175. The second-order valence-corrected chi connectivity index (χ2v) is 6.79. The van der Waals surface area contributed by atoms with E-state index in [0.29, 0.717) is 12.0 Å². The van der Waals surface area contributed by atoms with Crippen molar-refractivity contribution in [1.29, 1.82) is 0 Å². The maximum atomic E-state index is 5.62. The molecular formula is C17H24N4O2. The lowest BCUT2D eigenvalue weighted by Crippen LogP contribution is -2.45. The van der Waals surface area contributed by atoms with Crippen molar-refractivity contribution in [3.05, 3.63) is 35.4 Å². The van der Waals surface area contributed by atoms with Crippen LogP contribution in [0.4, 0.5) is 0 Å². The smallest absolute Gasteiger partial charge is 0.229 e. The van der Waals surface area contributed by atoms with Crippen molar-refractivity contribution in [2.24, 2.45) is 0 Å². The zero-order valence-corrected chi connectivity index (χ0v) is 13.6. The summed E-state index contributed by atoms with van der Waals surface area (Å²) in [6, 6.07) is 4.54. The summed E-state index contributed by atoms with van der Waals surface area (Å²) in [5, 5.41) is 7.73. The molecule has 2 aromatic heterocycles. The highest BCUT2D eigenvalue weighted by atomic mass is 16.5. The SMILES string of the molecule is Cc1ccc(CNC2CCCN(Cc3noc(C4CC4)n3)C2)o1. The molecule has 0 aromatic carbocycles. The first-order valence-corrected chi connectivity index (χ1v) is 8.60. The Bertz CT molecular complexity index is 647. The molecule has 1 atom stereocenters. The van der Waals surface area contributed by atoms with Gasteiger partial charge in [0.1, 0.15) is 11.5 Å². The number of piperidine rings is 1. The van der Waals surface area contributed by atoms with E-state index in [-0.39, 0.29) is 0 Å². The lowest BCUT2D eigenvalue weighted by atomic mass is 10.1. The third-order valence-corrected chi connectivity index (χ3v) is 4.64. The largest absolute Gasteiger partial charge is 0.465 e. The van der Waals surface area contributed by atoms with Crippen LogP contribution in [0, 0.1) is 6.92 Å². The van der Waals surface area contributed by atoms with Gasteiger partial charge in [-0.3, -0.25) is 4.90 Å². The van der Waals surface area contributed by atoms with Crippen LogP contribution in [0.25, 0.3) is 0 Å². The molecule has 124 valence electrons. The fourth-order valence-corrected chi connectivity index (χ4v) is 3.22. The third-order valence-electron chi connectivity index (χ3n) is 4.64. The average Bonchev–Trinajstić information content (AvgIpc) is 3.16. The fourth-order valence-electron chi connectivity index (χ4n) is 3.22. The molecule has 1 aliphatic carbocycles. The minimum absolute atomic E-state index is 0.490. The van der Waals surface area contributed by atoms with Crippen LogP contribution in [0.2, 0.25) is 0 Å². The van der Waals surface area contributed by atoms with Crippen LogP contribution in [0.3, 0.4) is 0 Å². The summed E-state index contributed by atoms with van der Waals surface area (Å²) in [7, 11) is 0. The zero-order chi connectivity index (χ0) is 15.6. The van der Waals surface area contributed by atoms with Crippen molar-refractivity contribution in [3.8, 4) is 0 Å². The van der Waals surface area contributed by atoms with E-state index in [1.165, 1.54) is 25.7 Å². The van der Waals surface area contributed by atoms with E-state index in [0.717, 1.165) is 49.4 Å². The molecular weight excluding hydrogens is 292 g/mol. The van der Waals surface area contributed by atoms with Crippen molar-refractivity contribution < 1.29 is 8.94 Å². The van der Waals surface area contributed by atoms with Gasteiger partial charge < -0.3 is 14.3 Å². The van der Waals surface area contributed by atoms with Crippen molar-refractivity contribution in [2.75, 3.05) is 13.1 Å². The highest BCUT2D eigenvalue weighted by Crippen LogP contribution is 2.38. The zero-order valence-electron chi connectivity index (χ0n) is 13.6. The molecule has 0 spiro atoms. The van der Waals surface area contributed by atoms with Crippen molar-refractivity contribution in [2.45, 2.75) is 57.7 Å². The van der Waals surface area contributed by atoms with Crippen LogP contribution in [0.1, 0.15) is 54.8 Å². The van der Waals surface area contributed by atoms with Gasteiger partial charge in [0.2, 0.25) is 5.89 Å². The Kier molecular flexibility index (Phi) is 4.18. The maximum absolute atomic E-state index is 5.62. The highest BCUT2D eigenvalue weighted by Gasteiger charge is 2.30. The number of hydrogen-bond acceptors (Lipinski definition) is 6. The molecule has 23 heavy (non-hydrogen) atoms. The van der Waals surface area contributed by atoms with E-state index < -0.39 is 0 Å². The number of likely N-dealkylation sites (tertiary alicyclic amines) is 1. The Labute approximate surface area is 136 Å². The molecule has 3 heterocycles. The van der Waals surface area contributed by atoms with E-state index in [1.54, 1.807) is 0 Å². The first-order valence-electron chi connectivity index (χ1n) is 8.60. The molecule has 1 N–H and O–H groups in total. The number of rotatable bonds is 6. The Balaban J connectivity index is 1.27. The molecule has 0 amide bonds. The summed E-state index contributed by atoms with van der Waals surface area (Å²) in [4.78, 5) is 6.95. The predicted molar refractivity (Wildman–Crippen MR) is 84.9 cm³/mol. The summed E-state index contributed by atoms with van der Waals surface area (Å²) >= 11 is 0. The van der Waals surface area contributed by atoms with Gasteiger partial charge in [-0.2, -0.15) is 4.98 Å². The molecule has 6 nitrogen and oxygen atoms in total. The second-order valence-electron chi connectivity index (χ2n) is 6.79. The van der Waals surface area contributed by atoms with Gasteiger partial charge in [-0.1, -0.05) is 5.16 Å². The van der Waals surface area contributed by atoms with Crippen molar-refractivity contribution >= 4 is 0 Å². The van der Waals surface area contributed by atoms with E-state index in [9.17, 15) is 0 Å². The van der Waals surface area contributed by atoms with E-state index >= 15 is 0 Å². The topological polar surface area (TPSA) is 67.3 Å². The molecule has 6 heteroatoms. The molecule has 1 saturated heterocycles. The quantitative estimate of drug-likeness (QED) is 0.883. The molecule has 2 aromatic rings. The van der Waals surface area contributed by atoms with Gasteiger partial charge >= 0.3 is 0 Å². The van der Waals surface area contributed by atoms with Gasteiger partial charge in [-0.25, -0.2) is 0 Å². The van der Waals surface area contributed by atoms with E-state index in [4.69, 9.17) is 8.94 Å². The van der Waals surface area contributed by atoms with Gasteiger partial charge in [0.15, 0.2) is 5.82 Å². The molecule has 4 rings (SSSR count). The Morgan fingerprint density at radius 1 is 1.30 bits per heavy atom. The van der Waals surface area contributed by atoms with Gasteiger partial charge in [0.25, 0.3) is 0 Å². The normalized spacial score (nSPS) is 22.6. The Morgan fingerprint density at radius 2 is 2.22 bits per heavy atom. The van der Waals surface area contributed by atoms with Gasteiger partial charge in [0.05, 0.1) is 13.1 Å². The number of nitrogens with one attached hydrogen (secondary N) is 1. The number of hydrogen-bond donors (Lipinski definition) is 1. The summed E-state index contributed by atoms with van der Waals surface area (Å²) in [5.74, 6) is 4.17.